The molecule has 3 N–H and O–H groups in total. The van der Waals surface area contributed by atoms with Gasteiger partial charge in [0.05, 0.1) is 25.4 Å². The van der Waals surface area contributed by atoms with Crippen LogP contribution < -0.4 is 10.1 Å². The Hall–Kier alpha value is -2.73. The van der Waals surface area contributed by atoms with Crippen LogP contribution in [0.2, 0.25) is 0 Å². The normalized spacial score (nSPS) is 25.1. The first-order valence-corrected chi connectivity index (χ1v) is 10.4. The van der Waals surface area contributed by atoms with Crippen LogP contribution in [0.25, 0.3) is 0 Å². The van der Waals surface area contributed by atoms with E-state index < -0.39 is 47.7 Å². The molecule has 11 heteroatoms. The van der Waals surface area contributed by atoms with Crippen LogP contribution in [0.3, 0.4) is 0 Å². The Balaban J connectivity index is 1.74. The molecule has 0 aromatic heterocycles. The summed E-state index contributed by atoms with van der Waals surface area (Å²) in [7, 11) is 1.38. The molecule has 0 bridgehead atoms. The Kier molecular flexibility index (Phi) is 8.13. The maximum Gasteiger partial charge on any atom is 0.573 e. The van der Waals surface area contributed by atoms with Crippen LogP contribution in [-0.4, -0.2) is 53.4 Å². The number of hydrogen-bond acceptors (Lipinski definition) is 6. The molecule has 1 unspecified atom stereocenters. The molecule has 0 saturated heterocycles. The molecule has 1 fully saturated rings. The van der Waals surface area contributed by atoms with E-state index in [0.717, 1.165) is 12.1 Å². The number of rotatable bonds is 8. The van der Waals surface area contributed by atoms with Crippen molar-refractivity contribution in [1.82, 2.24) is 5.32 Å². The minimum Gasteiger partial charge on any atom is -0.406 e. The molecular weight excluding hydrogens is 462 g/mol. The monoisotopic (exact) mass is 487 g/mol. The summed E-state index contributed by atoms with van der Waals surface area (Å²) in [5.41, 5.74) is -0.811. The van der Waals surface area contributed by atoms with Gasteiger partial charge < -0.3 is 29.7 Å². The van der Waals surface area contributed by atoms with Crippen LogP contribution in [0.1, 0.15) is 24.0 Å². The second kappa shape index (κ2) is 10.7. The average Bonchev–Trinajstić information content (AvgIpc) is 2.77. The Morgan fingerprint density at radius 3 is 2.41 bits per heavy atom. The zero-order chi connectivity index (χ0) is 24.9. The van der Waals surface area contributed by atoms with E-state index >= 15 is 0 Å². The Bertz CT molecular complexity index is 988. The molecule has 7 nitrogen and oxygen atoms in total. The summed E-state index contributed by atoms with van der Waals surface area (Å²) in [6.45, 7) is -0.366. The Morgan fingerprint density at radius 1 is 1.09 bits per heavy atom. The summed E-state index contributed by atoms with van der Waals surface area (Å²) in [5, 5.41) is 23.4. The third-order valence-electron chi connectivity index (χ3n) is 5.49. The molecule has 2 aromatic rings. The van der Waals surface area contributed by atoms with Gasteiger partial charge in [0.25, 0.3) is 5.91 Å². The lowest BCUT2D eigenvalue weighted by Crippen LogP contribution is -2.60. The molecule has 3 rings (SSSR count). The van der Waals surface area contributed by atoms with Crippen molar-refractivity contribution in [2.45, 2.75) is 56.3 Å². The van der Waals surface area contributed by atoms with Crippen LogP contribution in [0.4, 0.5) is 17.6 Å². The predicted molar refractivity (Wildman–Crippen MR) is 111 cm³/mol. The zero-order valence-corrected chi connectivity index (χ0v) is 18.2. The molecule has 4 atom stereocenters. The highest BCUT2D eigenvalue weighted by atomic mass is 19.4. The van der Waals surface area contributed by atoms with Crippen molar-refractivity contribution in [2.24, 2.45) is 0 Å². The number of hydrogen-bond donors (Lipinski definition) is 3. The number of alkyl halides is 3. The van der Waals surface area contributed by atoms with Crippen LogP contribution in [0.5, 0.6) is 5.75 Å². The minimum atomic E-state index is -4.85. The maximum atomic E-state index is 13.5. The number of aliphatic hydroxyl groups is 2. The van der Waals surface area contributed by atoms with Gasteiger partial charge in [-0.1, -0.05) is 24.3 Å². The molecule has 1 aliphatic rings. The van der Waals surface area contributed by atoms with Gasteiger partial charge in [-0.25, -0.2) is 4.39 Å². The van der Waals surface area contributed by atoms with Gasteiger partial charge in [0.1, 0.15) is 17.7 Å². The second-order valence-electron chi connectivity index (χ2n) is 8.00. The minimum absolute atomic E-state index is 0.141. The molecule has 186 valence electrons. The van der Waals surface area contributed by atoms with Gasteiger partial charge in [-0.15, -0.1) is 13.2 Å². The lowest BCUT2D eigenvalue weighted by atomic mass is 9.78. The molecule has 0 heterocycles. The molecule has 2 aromatic carbocycles. The standard InChI is InChI=1S/C23H25F4NO6/c1-28-21(31)22(33-13-14-4-2-6-16(24)8-14)10-18(29)20(30)19(11-22)32-12-15-5-3-7-17(9-15)34-23(25,26)27/h2-9,18-20,29-30H,10-13H2,1H3,(H,28,31)/t18-,19?,20-,22+/m1/s1. The second-order valence-corrected chi connectivity index (χ2v) is 8.00. The van der Waals surface area contributed by atoms with Crippen LogP contribution in [-0.2, 0) is 27.5 Å². The summed E-state index contributed by atoms with van der Waals surface area (Å²) in [5.74, 6) is -1.48. The molecule has 0 spiro atoms. The van der Waals surface area contributed by atoms with Crippen molar-refractivity contribution >= 4 is 5.91 Å². The highest BCUT2D eigenvalue weighted by Gasteiger charge is 2.51. The molecule has 1 amide bonds. The van der Waals surface area contributed by atoms with Crippen molar-refractivity contribution in [3.05, 3.63) is 65.5 Å². The fraction of sp³-hybridized carbons (Fsp3) is 0.435. The lowest BCUT2D eigenvalue weighted by molar-refractivity contribution is -0.274. The highest BCUT2D eigenvalue weighted by Crippen LogP contribution is 2.36. The fourth-order valence-corrected chi connectivity index (χ4v) is 3.87. The number of aliphatic hydroxyl groups excluding tert-OH is 2. The van der Waals surface area contributed by atoms with E-state index in [-0.39, 0.29) is 26.1 Å². The first-order valence-electron chi connectivity index (χ1n) is 10.4. The molecule has 1 aliphatic carbocycles. The van der Waals surface area contributed by atoms with Gasteiger partial charge in [-0.2, -0.15) is 0 Å². The lowest BCUT2D eigenvalue weighted by Gasteiger charge is -2.43. The number of nitrogens with one attached hydrogen (secondary N) is 1. The number of ether oxygens (including phenoxy) is 3. The van der Waals surface area contributed by atoms with E-state index in [9.17, 15) is 32.6 Å². The number of halogens is 4. The number of carbonyl (C=O) groups is 1. The molecule has 1 saturated carbocycles. The third-order valence-corrected chi connectivity index (χ3v) is 5.49. The topological polar surface area (TPSA) is 97.3 Å². The molecule has 0 aliphatic heterocycles. The first kappa shape index (κ1) is 25.9. The Labute approximate surface area is 193 Å². The van der Waals surface area contributed by atoms with Gasteiger partial charge in [0, 0.05) is 19.9 Å². The van der Waals surface area contributed by atoms with E-state index in [2.05, 4.69) is 10.1 Å². The van der Waals surface area contributed by atoms with Crippen LogP contribution in [0, 0.1) is 5.82 Å². The van der Waals surface area contributed by atoms with Crippen molar-refractivity contribution in [3.8, 4) is 5.75 Å². The fourth-order valence-electron chi connectivity index (χ4n) is 3.87. The van der Waals surface area contributed by atoms with Gasteiger partial charge in [0.15, 0.2) is 5.60 Å². The number of amides is 1. The summed E-state index contributed by atoms with van der Waals surface area (Å²) >= 11 is 0. The van der Waals surface area contributed by atoms with E-state index in [4.69, 9.17) is 9.47 Å². The number of likely N-dealkylation sites (N-methyl/N-ethyl adjacent to an activating group) is 1. The highest BCUT2D eigenvalue weighted by molar-refractivity contribution is 5.85. The average molecular weight is 487 g/mol. The number of carbonyl (C=O) groups excluding carboxylic acids is 1. The van der Waals surface area contributed by atoms with Crippen LogP contribution >= 0.6 is 0 Å². The predicted octanol–water partition coefficient (Wildman–Crippen LogP) is 2.83. The number of benzene rings is 2. The third kappa shape index (κ3) is 6.66. The van der Waals surface area contributed by atoms with E-state index in [1.54, 1.807) is 6.07 Å². The van der Waals surface area contributed by atoms with Gasteiger partial charge >= 0.3 is 6.36 Å². The summed E-state index contributed by atoms with van der Waals surface area (Å²) < 4.78 is 66.4. The quantitative estimate of drug-likeness (QED) is 0.496. The van der Waals surface area contributed by atoms with Gasteiger partial charge in [0.2, 0.25) is 0 Å². The maximum absolute atomic E-state index is 13.5. The SMILES string of the molecule is CNC(=O)[C@@]1(OCc2cccc(F)c2)CC(OCc2cccc(OC(F)(F)F)c2)[C@H](O)[C@H](O)C1. The van der Waals surface area contributed by atoms with Crippen molar-refractivity contribution < 1.29 is 46.8 Å². The zero-order valence-electron chi connectivity index (χ0n) is 18.2. The van der Waals surface area contributed by atoms with Crippen molar-refractivity contribution in [2.75, 3.05) is 7.05 Å². The molecule has 0 radical (unpaired) electrons. The van der Waals surface area contributed by atoms with Crippen molar-refractivity contribution in [1.29, 1.82) is 0 Å². The molecule has 34 heavy (non-hydrogen) atoms. The van der Waals surface area contributed by atoms with Crippen LogP contribution in [0.15, 0.2) is 48.5 Å². The van der Waals surface area contributed by atoms with Crippen molar-refractivity contribution in [3.63, 3.8) is 0 Å². The smallest absolute Gasteiger partial charge is 0.406 e. The largest absolute Gasteiger partial charge is 0.573 e. The van der Waals surface area contributed by atoms with Gasteiger partial charge in [-0.3, -0.25) is 4.79 Å². The van der Waals surface area contributed by atoms with Gasteiger partial charge in [-0.05, 0) is 35.4 Å². The van der Waals surface area contributed by atoms with E-state index in [0.29, 0.717) is 11.1 Å². The molecular formula is C23H25F4NO6. The first-order chi connectivity index (χ1) is 16.0. The van der Waals surface area contributed by atoms with E-state index in [1.807, 2.05) is 0 Å². The summed E-state index contributed by atoms with van der Waals surface area (Å²) in [6, 6.07) is 10.7. The Morgan fingerprint density at radius 2 is 1.76 bits per heavy atom. The summed E-state index contributed by atoms with van der Waals surface area (Å²) in [6.07, 6.45) is -9.08. The summed E-state index contributed by atoms with van der Waals surface area (Å²) in [4.78, 5) is 12.7. The van der Waals surface area contributed by atoms with E-state index in [1.165, 1.54) is 37.4 Å².